The highest BCUT2D eigenvalue weighted by Gasteiger charge is 2.53. The van der Waals surface area contributed by atoms with Crippen LogP contribution >= 0.6 is 10.7 Å². The van der Waals surface area contributed by atoms with E-state index >= 15 is 0 Å². The fourth-order valence-corrected chi connectivity index (χ4v) is 5.61. The van der Waals surface area contributed by atoms with E-state index in [9.17, 15) is 16.8 Å². The molecule has 0 spiro atoms. The maximum atomic E-state index is 12.0. The summed E-state index contributed by atoms with van der Waals surface area (Å²) in [5.74, 6) is 0. The third-order valence-electron chi connectivity index (χ3n) is 2.33. The highest BCUT2D eigenvalue weighted by atomic mass is 35.7. The first-order valence-electron chi connectivity index (χ1n) is 4.36. The molecule has 1 rings (SSSR count). The molecule has 8 heteroatoms. The lowest BCUT2D eigenvalue weighted by atomic mass is 10.2. The Morgan fingerprint density at radius 1 is 1.19 bits per heavy atom. The van der Waals surface area contributed by atoms with E-state index in [0.29, 0.717) is 0 Å². The van der Waals surface area contributed by atoms with Crippen molar-refractivity contribution < 1.29 is 16.8 Å². The van der Waals surface area contributed by atoms with Gasteiger partial charge < -0.3 is 0 Å². The van der Waals surface area contributed by atoms with Crippen molar-refractivity contribution >= 4 is 29.8 Å². The Labute approximate surface area is 99.9 Å². The summed E-state index contributed by atoms with van der Waals surface area (Å²) in [5, 5.41) is 0. The number of rotatable bonds is 3. The first kappa shape index (κ1) is 13.7. The highest BCUT2D eigenvalue weighted by Crippen LogP contribution is 2.37. The molecule has 0 amide bonds. The van der Waals surface area contributed by atoms with Crippen LogP contribution in [0.4, 0.5) is 0 Å². The second-order valence-electron chi connectivity index (χ2n) is 3.53. The van der Waals surface area contributed by atoms with E-state index < -0.39 is 23.2 Å². The zero-order valence-electron chi connectivity index (χ0n) is 8.79. The minimum absolute atomic E-state index is 0.185. The van der Waals surface area contributed by atoms with Gasteiger partial charge in [-0.3, -0.25) is 0 Å². The van der Waals surface area contributed by atoms with E-state index in [1.54, 1.807) is 6.08 Å². The number of hydrogen-bond acceptors (Lipinski definition) is 4. The van der Waals surface area contributed by atoms with Crippen LogP contribution in [0.3, 0.4) is 0 Å². The fraction of sp³-hybridized carbons (Fsp3) is 0.500. The number of halogens is 1. The molecule has 16 heavy (non-hydrogen) atoms. The van der Waals surface area contributed by atoms with Crippen LogP contribution in [0.5, 0.6) is 0 Å². The molecule has 0 saturated carbocycles. The first-order chi connectivity index (χ1) is 7.15. The molecule has 5 nitrogen and oxygen atoms in total. The quantitative estimate of drug-likeness (QED) is 0.714. The Bertz CT molecular complexity index is 532. The van der Waals surface area contributed by atoms with Crippen molar-refractivity contribution in [1.29, 1.82) is 0 Å². The Morgan fingerprint density at radius 2 is 1.75 bits per heavy atom. The molecule has 0 saturated heterocycles. The van der Waals surface area contributed by atoms with Crippen molar-refractivity contribution in [2.75, 3.05) is 14.1 Å². The Hall–Kier alpha value is -0.370. The van der Waals surface area contributed by atoms with Gasteiger partial charge in [-0.1, -0.05) is 18.2 Å². The summed E-state index contributed by atoms with van der Waals surface area (Å²) in [6.45, 7) is 0. The predicted molar refractivity (Wildman–Crippen MR) is 63.0 cm³/mol. The predicted octanol–water partition coefficient (Wildman–Crippen LogP) is 0.659. The summed E-state index contributed by atoms with van der Waals surface area (Å²) >= 11 is 0. The van der Waals surface area contributed by atoms with Gasteiger partial charge in [0.15, 0.2) is 0 Å². The fourth-order valence-electron chi connectivity index (χ4n) is 1.39. The van der Waals surface area contributed by atoms with Gasteiger partial charge in [-0.25, -0.2) is 21.1 Å². The van der Waals surface area contributed by atoms with Crippen LogP contribution in [0.25, 0.3) is 0 Å². The average Bonchev–Trinajstić information content (AvgIpc) is 2.16. The van der Waals surface area contributed by atoms with Crippen molar-refractivity contribution in [3.8, 4) is 0 Å². The molecular formula is C8H12ClNO4S2. The number of sulfonamides is 1. The van der Waals surface area contributed by atoms with Crippen LogP contribution in [0.2, 0.25) is 0 Å². The van der Waals surface area contributed by atoms with Gasteiger partial charge in [0.1, 0.15) is 0 Å². The van der Waals surface area contributed by atoms with Gasteiger partial charge in [-0.2, -0.15) is 0 Å². The van der Waals surface area contributed by atoms with Crippen LogP contribution in [-0.2, 0) is 19.1 Å². The largest absolute Gasteiger partial charge is 0.258 e. The molecule has 0 aromatic heterocycles. The Balaban J connectivity index is 3.52. The minimum Gasteiger partial charge on any atom is -0.210 e. The maximum absolute atomic E-state index is 12.0. The second-order valence-corrected chi connectivity index (χ2v) is 9.02. The number of nitrogens with zero attached hydrogens (tertiary/aromatic N) is 1. The highest BCUT2D eigenvalue weighted by molar-refractivity contribution is 8.23. The molecule has 0 aliphatic heterocycles. The van der Waals surface area contributed by atoms with Gasteiger partial charge in [-0.15, -0.1) is 0 Å². The molecule has 0 fully saturated rings. The standard InChI is InChI=1S/C8H12ClNO4S2/c1-10(2)16(13,14)8(15(9,11)12)6-4-3-5-7-8/h3-6H,7H2,1-2H3. The van der Waals surface area contributed by atoms with Gasteiger partial charge in [0.25, 0.3) is 9.05 Å². The molecule has 92 valence electrons. The van der Waals surface area contributed by atoms with Crippen molar-refractivity contribution in [3.63, 3.8) is 0 Å². The molecule has 0 aromatic carbocycles. The van der Waals surface area contributed by atoms with Gasteiger partial charge >= 0.3 is 0 Å². The molecule has 0 N–H and O–H groups in total. The molecule has 0 radical (unpaired) electrons. The molecule has 0 bridgehead atoms. The lowest BCUT2D eigenvalue weighted by Crippen LogP contribution is -2.48. The van der Waals surface area contributed by atoms with Gasteiger partial charge in [0.2, 0.25) is 14.1 Å². The summed E-state index contributed by atoms with van der Waals surface area (Å²) in [6.07, 6.45) is 5.32. The summed E-state index contributed by atoms with van der Waals surface area (Å²) in [6, 6.07) is 0. The molecule has 1 unspecified atom stereocenters. The third kappa shape index (κ3) is 1.92. The van der Waals surface area contributed by atoms with E-state index in [2.05, 4.69) is 0 Å². The Morgan fingerprint density at radius 3 is 2.06 bits per heavy atom. The lowest BCUT2D eigenvalue weighted by Gasteiger charge is -2.30. The van der Waals surface area contributed by atoms with Crippen LogP contribution in [0, 0.1) is 0 Å². The van der Waals surface area contributed by atoms with E-state index in [-0.39, 0.29) is 6.42 Å². The molecule has 1 aliphatic rings. The van der Waals surface area contributed by atoms with E-state index in [0.717, 1.165) is 10.4 Å². The van der Waals surface area contributed by atoms with Gasteiger partial charge in [-0.05, 0) is 6.08 Å². The monoisotopic (exact) mass is 285 g/mol. The van der Waals surface area contributed by atoms with Crippen LogP contribution in [-0.4, -0.2) is 39.3 Å². The van der Waals surface area contributed by atoms with Gasteiger partial charge in [0, 0.05) is 31.2 Å². The maximum Gasteiger partial charge on any atom is 0.258 e. The zero-order chi connectivity index (χ0) is 12.6. The zero-order valence-corrected chi connectivity index (χ0v) is 11.2. The normalized spacial score (nSPS) is 26.2. The van der Waals surface area contributed by atoms with E-state index in [1.165, 1.54) is 26.2 Å². The van der Waals surface area contributed by atoms with Crippen molar-refractivity contribution in [1.82, 2.24) is 4.31 Å². The van der Waals surface area contributed by atoms with Crippen molar-refractivity contribution in [2.24, 2.45) is 0 Å². The Kier molecular flexibility index (Phi) is 3.54. The molecule has 0 aromatic rings. The SMILES string of the molecule is CN(C)S(=O)(=O)C1(S(=O)(=O)Cl)C=CC=CC1. The summed E-state index contributed by atoms with van der Waals surface area (Å²) in [5.41, 5.74) is 0. The van der Waals surface area contributed by atoms with E-state index in [1.807, 2.05) is 0 Å². The smallest absolute Gasteiger partial charge is 0.210 e. The summed E-state index contributed by atoms with van der Waals surface area (Å²) in [4.78, 5) is 0. The molecule has 1 atom stereocenters. The van der Waals surface area contributed by atoms with Crippen molar-refractivity contribution in [3.05, 3.63) is 24.3 Å². The topological polar surface area (TPSA) is 71.5 Å². The van der Waals surface area contributed by atoms with E-state index in [4.69, 9.17) is 10.7 Å². The van der Waals surface area contributed by atoms with Crippen molar-refractivity contribution in [2.45, 2.75) is 10.5 Å². The minimum atomic E-state index is -4.29. The lowest BCUT2D eigenvalue weighted by molar-refractivity contribution is 0.501. The number of hydrogen-bond donors (Lipinski definition) is 0. The first-order valence-corrected chi connectivity index (χ1v) is 8.11. The molecule has 1 aliphatic carbocycles. The van der Waals surface area contributed by atoms with Crippen LogP contribution in [0.1, 0.15) is 6.42 Å². The summed E-state index contributed by atoms with van der Waals surface area (Å²) < 4.78 is 45.9. The average molecular weight is 286 g/mol. The van der Waals surface area contributed by atoms with Crippen LogP contribution in [0.15, 0.2) is 24.3 Å². The van der Waals surface area contributed by atoms with Gasteiger partial charge in [0.05, 0.1) is 0 Å². The molecular weight excluding hydrogens is 274 g/mol. The summed E-state index contributed by atoms with van der Waals surface area (Å²) in [7, 11) is -0.513. The number of allylic oxidation sites excluding steroid dienone is 3. The second kappa shape index (κ2) is 4.14. The molecule has 0 heterocycles. The van der Waals surface area contributed by atoms with Crippen LogP contribution < -0.4 is 0 Å². The third-order valence-corrected chi connectivity index (χ3v) is 7.99.